The van der Waals surface area contributed by atoms with Crippen LogP contribution < -0.4 is 10.1 Å². The van der Waals surface area contributed by atoms with Gasteiger partial charge in [-0.2, -0.15) is 0 Å². The number of nitrogens with one attached hydrogen (secondary N) is 1. The van der Waals surface area contributed by atoms with Gasteiger partial charge >= 0.3 is 0 Å². The number of ether oxygens (including phenoxy) is 2. The van der Waals surface area contributed by atoms with Gasteiger partial charge in [0, 0.05) is 18.8 Å². The van der Waals surface area contributed by atoms with Crippen molar-refractivity contribution in [2.24, 2.45) is 0 Å². The molecule has 18 heavy (non-hydrogen) atoms. The third-order valence-corrected chi connectivity index (χ3v) is 2.49. The fourth-order valence-corrected chi connectivity index (χ4v) is 1.53. The van der Waals surface area contributed by atoms with Gasteiger partial charge in [0.1, 0.15) is 6.61 Å². The van der Waals surface area contributed by atoms with Gasteiger partial charge in [0.25, 0.3) is 0 Å². The second kappa shape index (κ2) is 6.92. The van der Waals surface area contributed by atoms with E-state index in [1.807, 2.05) is 33.9 Å². The Bertz CT molecular complexity index is 378. The molecule has 0 saturated carbocycles. The number of hydrogen-bond acceptors (Lipinski definition) is 4. The Hall–Kier alpha value is -0.840. The number of pyridine rings is 1. The quantitative estimate of drug-likeness (QED) is 0.809. The van der Waals surface area contributed by atoms with Gasteiger partial charge < -0.3 is 14.8 Å². The van der Waals surface area contributed by atoms with E-state index in [4.69, 9.17) is 21.1 Å². The van der Waals surface area contributed by atoms with E-state index in [0.29, 0.717) is 30.7 Å². The average Bonchev–Trinajstić information content (AvgIpc) is 2.28. The molecule has 1 N–H and O–H groups in total. The molecule has 102 valence electrons. The SMILES string of the molecule is CNCc1cc(OCCOC(C)(C)C)ncc1Cl. The van der Waals surface area contributed by atoms with Crippen molar-refractivity contribution in [2.75, 3.05) is 20.3 Å². The van der Waals surface area contributed by atoms with Gasteiger partial charge in [0.05, 0.1) is 17.2 Å². The summed E-state index contributed by atoms with van der Waals surface area (Å²) in [5, 5.41) is 3.69. The molecule has 1 aromatic heterocycles. The van der Waals surface area contributed by atoms with Crippen LogP contribution in [0.2, 0.25) is 5.02 Å². The second-order valence-corrected chi connectivity index (χ2v) is 5.36. The maximum absolute atomic E-state index is 6.01. The predicted octanol–water partition coefficient (Wildman–Crippen LogP) is 2.65. The first-order valence-corrected chi connectivity index (χ1v) is 6.36. The van der Waals surface area contributed by atoms with Crippen LogP contribution >= 0.6 is 11.6 Å². The molecule has 1 aromatic rings. The van der Waals surface area contributed by atoms with Gasteiger partial charge in [-0.05, 0) is 33.4 Å². The number of hydrogen-bond donors (Lipinski definition) is 1. The van der Waals surface area contributed by atoms with Crippen molar-refractivity contribution in [3.8, 4) is 5.88 Å². The zero-order chi connectivity index (χ0) is 13.6. The molecule has 0 fully saturated rings. The number of aromatic nitrogens is 1. The van der Waals surface area contributed by atoms with Crippen molar-refractivity contribution in [2.45, 2.75) is 32.9 Å². The molecule has 0 unspecified atom stereocenters. The van der Waals surface area contributed by atoms with Crippen LogP contribution in [-0.4, -0.2) is 30.8 Å². The highest BCUT2D eigenvalue weighted by molar-refractivity contribution is 6.31. The minimum Gasteiger partial charge on any atom is -0.475 e. The minimum atomic E-state index is -0.145. The molecule has 0 spiro atoms. The van der Waals surface area contributed by atoms with Gasteiger partial charge in [-0.3, -0.25) is 0 Å². The van der Waals surface area contributed by atoms with E-state index in [-0.39, 0.29) is 5.60 Å². The Morgan fingerprint density at radius 3 is 2.67 bits per heavy atom. The van der Waals surface area contributed by atoms with Crippen molar-refractivity contribution < 1.29 is 9.47 Å². The monoisotopic (exact) mass is 272 g/mol. The molecule has 0 aliphatic heterocycles. The van der Waals surface area contributed by atoms with E-state index in [2.05, 4.69) is 10.3 Å². The predicted molar refractivity (Wildman–Crippen MR) is 73.2 cm³/mol. The van der Waals surface area contributed by atoms with Crippen molar-refractivity contribution in [1.29, 1.82) is 0 Å². The lowest BCUT2D eigenvalue weighted by Crippen LogP contribution is -2.22. The molecule has 0 atom stereocenters. The topological polar surface area (TPSA) is 43.4 Å². The Kier molecular flexibility index (Phi) is 5.85. The summed E-state index contributed by atoms with van der Waals surface area (Å²) in [5.74, 6) is 0.571. The molecule has 1 heterocycles. The summed E-state index contributed by atoms with van der Waals surface area (Å²) in [6, 6.07) is 1.84. The van der Waals surface area contributed by atoms with Crippen LogP contribution in [-0.2, 0) is 11.3 Å². The average molecular weight is 273 g/mol. The van der Waals surface area contributed by atoms with E-state index >= 15 is 0 Å². The Balaban J connectivity index is 2.45. The van der Waals surface area contributed by atoms with Crippen molar-refractivity contribution in [3.05, 3.63) is 22.8 Å². The Morgan fingerprint density at radius 1 is 1.33 bits per heavy atom. The largest absolute Gasteiger partial charge is 0.475 e. The van der Waals surface area contributed by atoms with Gasteiger partial charge in [-0.25, -0.2) is 4.98 Å². The molecule has 0 aliphatic rings. The summed E-state index contributed by atoms with van der Waals surface area (Å²) < 4.78 is 11.1. The summed E-state index contributed by atoms with van der Waals surface area (Å²) >= 11 is 6.01. The maximum atomic E-state index is 6.01. The second-order valence-electron chi connectivity index (χ2n) is 4.95. The lowest BCUT2D eigenvalue weighted by Gasteiger charge is -2.19. The van der Waals surface area contributed by atoms with Crippen LogP contribution in [0.1, 0.15) is 26.3 Å². The molecule has 0 radical (unpaired) electrons. The summed E-state index contributed by atoms with van der Waals surface area (Å²) in [5.41, 5.74) is 0.828. The van der Waals surface area contributed by atoms with E-state index in [1.165, 1.54) is 0 Å². The molecule has 0 saturated heterocycles. The molecule has 0 bridgehead atoms. The highest BCUT2D eigenvalue weighted by Gasteiger charge is 2.09. The summed E-state index contributed by atoms with van der Waals surface area (Å²) in [6.07, 6.45) is 1.61. The van der Waals surface area contributed by atoms with E-state index < -0.39 is 0 Å². The zero-order valence-electron chi connectivity index (χ0n) is 11.4. The standard InChI is InChI=1S/C13H21ClN2O2/c1-13(2,3)18-6-5-17-12-7-10(8-15-4)11(14)9-16-12/h7,9,15H,5-6,8H2,1-4H3. The first kappa shape index (κ1) is 15.2. The minimum absolute atomic E-state index is 0.145. The number of halogens is 1. The fraction of sp³-hybridized carbons (Fsp3) is 0.615. The van der Waals surface area contributed by atoms with Crippen molar-refractivity contribution in [3.63, 3.8) is 0 Å². The highest BCUT2D eigenvalue weighted by Crippen LogP contribution is 2.19. The van der Waals surface area contributed by atoms with Crippen LogP contribution in [0, 0.1) is 0 Å². The highest BCUT2D eigenvalue weighted by atomic mass is 35.5. The molecule has 0 amide bonds. The normalized spacial score (nSPS) is 11.6. The third-order valence-electron chi connectivity index (χ3n) is 2.15. The molecular weight excluding hydrogens is 252 g/mol. The summed E-state index contributed by atoms with van der Waals surface area (Å²) in [7, 11) is 1.87. The smallest absolute Gasteiger partial charge is 0.213 e. The van der Waals surface area contributed by atoms with Crippen LogP contribution in [0.25, 0.3) is 0 Å². The zero-order valence-corrected chi connectivity index (χ0v) is 12.2. The lowest BCUT2D eigenvalue weighted by molar-refractivity contribution is -0.0168. The molecule has 4 nitrogen and oxygen atoms in total. The summed E-state index contributed by atoms with van der Waals surface area (Å²) in [4.78, 5) is 4.12. The molecule has 0 aliphatic carbocycles. The fourth-order valence-electron chi connectivity index (χ4n) is 1.36. The maximum Gasteiger partial charge on any atom is 0.213 e. The van der Waals surface area contributed by atoms with Gasteiger partial charge in [-0.1, -0.05) is 11.6 Å². The van der Waals surface area contributed by atoms with Crippen LogP contribution in [0.3, 0.4) is 0 Å². The first-order valence-electron chi connectivity index (χ1n) is 5.98. The van der Waals surface area contributed by atoms with Gasteiger partial charge in [0.15, 0.2) is 0 Å². The van der Waals surface area contributed by atoms with E-state index in [9.17, 15) is 0 Å². The molecule has 0 aromatic carbocycles. The molecule has 5 heteroatoms. The third kappa shape index (κ3) is 5.67. The van der Waals surface area contributed by atoms with Crippen LogP contribution in [0.4, 0.5) is 0 Å². The number of nitrogens with zero attached hydrogens (tertiary/aromatic N) is 1. The molecular formula is C13H21ClN2O2. The van der Waals surface area contributed by atoms with Crippen molar-refractivity contribution >= 4 is 11.6 Å². The van der Waals surface area contributed by atoms with Crippen LogP contribution in [0.5, 0.6) is 5.88 Å². The lowest BCUT2D eigenvalue weighted by atomic mass is 10.2. The summed E-state index contributed by atoms with van der Waals surface area (Å²) in [6.45, 7) is 7.74. The number of rotatable bonds is 6. The Morgan fingerprint density at radius 2 is 2.06 bits per heavy atom. The van der Waals surface area contributed by atoms with Crippen molar-refractivity contribution in [1.82, 2.24) is 10.3 Å². The van der Waals surface area contributed by atoms with Crippen LogP contribution in [0.15, 0.2) is 12.3 Å². The van der Waals surface area contributed by atoms with Gasteiger partial charge in [0.2, 0.25) is 5.88 Å². The van der Waals surface area contributed by atoms with Gasteiger partial charge in [-0.15, -0.1) is 0 Å². The van der Waals surface area contributed by atoms with E-state index in [0.717, 1.165) is 5.56 Å². The molecule has 1 rings (SSSR count). The first-order chi connectivity index (χ1) is 8.42. The Labute approximate surface area is 114 Å². The van der Waals surface area contributed by atoms with E-state index in [1.54, 1.807) is 6.20 Å².